The normalized spacial score (nSPS) is 10.7. The highest BCUT2D eigenvalue weighted by Crippen LogP contribution is 2.15. The number of hydrogen-bond acceptors (Lipinski definition) is 2. The molecule has 0 bridgehead atoms. The van der Waals surface area contributed by atoms with E-state index in [1.54, 1.807) is 23.4 Å². The van der Waals surface area contributed by atoms with Crippen LogP contribution in [0, 0.1) is 0 Å². The number of carbonyl (C=O) groups excluding carboxylic acids is 1. The van der Waals surface area contributed by atoms with Crippen molar-refractivity contribution in [2.45, 2.75) is 26.4 Å². The minimum absolute atomic E-state index is 0.0219. The number of aromatic amines is 1. The second kappa shape index (κ2) is 6.02. The van der Waals surface area contributed by atoms with E-state index in [0.29, 0.717) is 12.2 Å². The predicted molar refractivity (Wildman–Crippen MR) is 77.7 cm³/mol. The summed E-state index contributed by atoms with van der Waals surface area (Å²) in [4.78, 5) is 21.5. The number of pyridine rings is 1. The molecular weight excluding hydrogens is 306 g/mol. The molecule has 0 aliphatic heterocycles. The topological polar surface area (TPSA) is 49.0 Å². The highest BCUT2D eigenvalue weighted by atomic mass is 79.9. The zero-order valence-corrected chi connectivity index (χ0v) is 12.5. The summed E-state index contributed by atoms with van der Waals surface area (Å²) in [6.45, 7) is 4.51. The molecule has 0 fully saturated rings. The van der Waals surface area contributed by atoms with Crippen LogP contribution in [-0.2, 0) is 6.54 Å². The van der Waals surface area contributed by atoms with E-state index in [0.717, 1.165) is 10.2 Å². The summed E-state index contributed by atoms with van der Waals surface area (Å²) in [5, 5.41) is 0. The second-order valence-corrected chi connectivity index (χ2v) is 5.50. The van der Waals surface area contributed by atoms with E-state index in [4.69, 9.17) is 0 Å². The Balaban J connectivity index is 2.19. The number of nitrogens with zero attached hydrogens (tertiary/aromatic N) is 2. The Morgan fingerprint density at radius 3 is 2.79 bits per heavy atom. The first-order valence-electron chi connectivity index (χ1n) is 6.12. The molecule has 0 aliphatic carbocycles. The van der Waals surface area contributed by atoms with Crippen molar-refractivity contribution < 1.29 is 4.79 Å². The highest BCUT2D eigenvalue weighted by molar-refractivity contribution is 9.10. The standard InChI is InChI=1S/C14H16BrN3O/c1-10(2)18(9-12-5-3-4-6-16-12)14(19)13-7-11(15)8-17-13/h3-8,10,17H,9H2,1-2H3. The van der Waals surface area contributed by atoms with Crippen LogP contribution in [0.2, 0.25) is 0 Å². The van der Waals surface area contributed by atoms with Gasteiger partial charge in [0.05, 0.1) is 12.2 Å². The van der Waals surface area contributed by atoms with Gasteiger partial charge in [-0.15, -0.1) is 0 Å². The first kappa shape index (κ1) is 13.8. The molecule has 19 heavy (non-hydrogen) atoms. The Kier molecular flexibility index (Phi) is 4.37. The maximum atomic E-state index is 12.5. The first-order valence-corrected chi connectivity index (χ1v) is 6.92. The van der Waals surface area contributed by atoms with Crippen molar-refractivity contribution in [2.75, 3.05) is 0 Å². The third-order valence-corrected chi connectivity index (χ3v) is 3.28. The number of nitrogens with one attached hydrogen (secondary N) is 1. The number of rotatable bonds is 4. The number of aromatic nitrogens is 2. The SMILES string of the molecule is CC(C)N(Cc1ccccn1)C(=O)c1cc(Br)c[nH]1. The summed E-state index contributed by atoms with van der Waals surface area (Å²) >= 11 is 3.34. The maximum Gasteiger partial charge on any atom is 0.270 e. The summed E-state index contributed by atoms with van der Waals surface area (Å²) in [5.41, 5.74) is 1.46. The Bertz CT molecular complexity index is 551. The third-order valence-electron chi connectivity index (χ3n) is 2.82. The lowest BCUT2D eigenvalue weighted by molar-refractivity contribution is 0.0682. The number of amides is 1. The smallest absolute Gasteiger partial charge is 0.270 e. The van der Waals surface area contributed by atoms with E-state index in [1.807, 2.05) is 32.0 Å². The fraction of sp³-hybridized carbons (Fsp3) is 0.286. The molecule has 2 heterocycles. The Hall–Kier alpha value is -1.62. The van der Waals surface area contributed by atoms with Gasteiger partial charge in [-0.1, -0.05) is 6.07 Å². The van der Waals surface area contributed by atoms with Gasteiger partial charge in [0, 0.05) is 22.9 Å². The molecule has 5 heteroatoms. The summed E-state index contributed by atoms with van der Waals surface area (Å²) in [5.74, 6) is -0.0219. The molecule has 2 aromatic heterocycles. The predicted octanol–water partition coefficient (Wildman–Crippen LogP) is 3.22. The lowest BCUT2D eigenvalue weighted by Gasteiger charge is -2.26. The van der Waals surface area contributed by atoms with E-state index in [2.05, 4.69) is 25.9 Å². The number of hydrogen-bond donors (Lipinski definition) is 1. The fourth-order valence-electron chi connectivity index (χ4n) is 1.80. The average Bonchev–Trinajstić information content (AvgIpc) is 2.83. The molecule has 0 atom stereocenters. The molecule has 0 unspecified atom stereocenters. The van der Waals surface area contributed by atoms with Crippen LogP contribution in [0.4, 0.5) is 0 Å². The van der Waals surface area contributed by atoms with Crippen LogP contribution in [0.5, 0.6) is 0 Å². The fourth-order valence-corrected chi connectivity index (χ4v) is 2.14. The molecule has 0 radical (unpaired) electrons. The van der Waals surface area contributed by atoms with Gasteiger partial charge in [0.2, 0.25) is 0 Å². The molecule has 0 saturated carbocycles. The summed E-state index contributed by atoms with van der Waals surface area (Å²) in [6.07, 6.45) is 3.50. The molecule has 0 aliphatic rings. The lowest BCUT2D eigenvalue weighted by Crippen LogP contribution is -2.36. The average molecular weight is 322 g/mol. The van der Waals surface area contributed by atoms with Crippen LogP contribution >= 0.6 is 15.9 Å². The minimum atomic E-state index is -0.0219. The molecular formula is C14H16BrN3O. The van der Waals surface area contributed by atoms with Crippen molar-refractivity contribution in [3.05, 3.63) is 52.5 Å². The Morgan fingerprint density at radius 2 is 2.26 bits per heavy atom. The summed E-state index contributed by atoms with van der Waals surface area (Å²) in [6, 6.07) is 7.61. The van der Waals surface area contributed by atoms with Crippen LogP contribution < -0.4 is 0 Å². The number of halogens is 1. The van der Waals surface area contributed by atoms with Crippen LogP contribution in [0.15, 0.2) is 41.1 Å². The van der Waals surface area contributed by atoms with Crippen molar-refractivity contribution in [3.8, 4) is 0 Å². The lowest BCUT2D eigenvalue weighted by atomic mass is 10.2. The zero-order chi connectivity index (χ0) is 13.8. The highest BCUT2D eigenvalue weighted by Gasteiger charge is 2.20. The zero-order valence-electron chi connectivity index (χ0n) is 10.9. The van der Waals surface area contributed by atoms with Gasteiger partial charge in [0.1, 0.15) is 5.69 Å². The molecule has 100 valence electrons. The third kappa shape index (κ3) is 3.44. The van der Waals surface area contributed by atoms with Gasteiger partial charge in [0.25, 0.3) is 5.91 Å². The molecule has 0 aromatic carbocycles. The van der Waals surface area contributed by atoms with Gasteiger partial charge >= 0.3 is 0 Å². The number of carbonyl (C=O) groups is 1. The van der Waals surface area contributed by atoms with Crippen LogP contribution in [-0.4, -0.2) is 26.8 Å². The van der Waals surface area contributed by atoms with Gasteiger partial charge in [-0.2, -0.15) is 0 Å². The summed E-state index contributed by atoms with van der Waals surface area (Å²) in [7, 11) is 0. The summed E-state index contributed by atoms with van der Waals surface area (Å²) < 4.78 is 0.873. The van der Waals surface area contributed by atoms with Gasteiger partial charge in [-0.3, -0.25) is 9.78 Å². The van der Waals surface area contributed by atoms with E-state index in [-0.39, 0.29) is 11.9 Å². The van der Waals surface area contributed by atoms with Crippen LogP contribution in [0.25, 0.3) is 0 Å². The van der Waals surface area contributed by atoms with Crippen molar-refractivity contribution in [1.82, 2.24) is 14.9 Å². The molecule has 2 aromatic rings. The van der Waals surface area contributed by atoms with Crippen molar-refractivity contribution in [1.29, 1.82) is 0 Å². The first-order chi connectivity index (χ1) is 9.08. The molecule has 2 rings (SSSR count). The van der Waals surface area contributed by atoms with Gasteiger partial charge < -0.3 is 9.88 Å². The molecule has 0 saturated heterocycles. The largest absolute Gasteiger partial charge is 0.356 e. The maximum absolute atomic E-state index is 12.5. The van der Waals surface area contributed by atoms with E-state index < -0.39 is 0 Å². The quantitative estimate of drug-likeness (QED) is 0.939. The molecule has 1 N–H and O–H groups in total. The van der Waals surface area contributed by atoms with E-state index >= 15 is 0 Å². The number of H-pyrrole nitrogens is 1. The van der Waals surface area contributed by atoms with Gasteiger partial charge in [0.15, 0.2) is 0 Å². The van der Waals surface area contributed by atoms with Crippen LogP contribution in [0.1, 0.15) is 30.0 Å². The van der Waals surface area contributed by atoms with Gasteiger partial charge in [-0.25, -0.2) is 0 Å². The van der Waals surface area contributed by atoms with Crippen molar-refractivity contribution in [2.24, 2.45) is 0 Å². The monoisotopic (exact) mass is 321 g/mol. The van der Waals surface area contributed by atoms with E-state index in [9.17, 15) is 4.79 Å². The Morgan fingerprint density at radius 1 is 1.47 bits per heavy atom. The molecule has 4 nitrogen and oxygen atoms in total. The van der Waals surface area contributed by atoms with Crippen molar-refractivity contribution in [3.63, 3.8) is 0 Å². The Labute approximate surface area is 121 Å². The second-order valence-electron chi connectivity index (χ2n) is 4.58. The molecule has 0 spiro atoms. The van der Waals surface area contributed by atoms with Crippen molar-refractivity contribution >= 4 is 21.8 Å². The van der Waals surface area contributed by atoms with Gasteiger partial charge in [-0.05, 0) is 48.0 Å². The van der Waals surface area contributed by atoms with Crippen LogP contribution in [0.3, 0.4) is 0 Å². The minimum Gasteiger partial charge on any atom is -0.356 e. The molecule has 1 amide bonds. The van der Waals surface area contributed by atoms with E-state index in [1.165, 1.54) is 0 Å².